The number of imidazole rings is 1. The van der Waals surface area contributed by atoms with Gasteiger partial charge in [0.15, 0.2) is 0 Å². The molecule has 5 rings (SSSR count). The number of nitrogens with zero attached hydrogens (tertiary/aromatic N) is 4. The van der Waals surface area contributed by atoms with Gasteiger partial charge in [0.1, 0.15) is 35.8 Å². The largest absolute Gasteiger partial charge is 0.446 e. The third-order valence-corrected chi connectivity index (χ3v) is 6.04. The van der Waals surface area contributed by atoms with Crippen molar-refractivity contribution in [2.24, 2.45) is 0 Å². The molecule has 1 amide bonds. The number of carbonyl (C=O) groups excluding carboxylic acids is 1. The maximum atomic E-state index is 14.4. The lowest BCUT2D eigenvalue weighted by Crippen LogP contribution is -2.31. The first-order valence-electron chi connectivity index (χ1n) is 10.0. The van der Waals surface area contributed by atoms with Gasteiger partial charge in [0.05, 0.1) is 16.8 Å². The predicted molar refractivity (Wildman–Crippen MR) is 107 cm³/mol. The van der Waals surface area contributed by atoms with Crippen LogP contribution in [0.3, 0.4) is 0 Å². The van der Waals surface area contributed by atoms with Crippen molar-refractivity contribution in [1.82, 2.24) is 14.5 Å². The minimum atomic E-state index is -5.00. The minimum absolute atomic E-state index is 0.117. The first-order chi connectivity index (χ1) is 16.4. The van der Waals surface area contributed by atoms with E-state index >= 15 is 0 Å². The van der Waals surface area contributed by atoms with E-state index in [1.54, 1.807) is 0 Å². The molecular weight excluding hydrogens is 509 g/mol. The van der Waals surface area contributed by atoms with Gasteiger partial charge < -0.3 is 4.74 Å². The molecular formula is C21H12ClF7N4O2. The number of hydrogen-bond acceptors (Lipinski definition) is 4. The number of rotatable bonds is 3. The Morgan fingerprint density at radius 3 is 2.57 bits per heavy atom. The molecule has 1 atom stereocenters. The number of ether oxygens (including phenoxy) is 1. The lowest BCUT2D eigenvalue weighted by Gasteiger charge is -2.23. The van der Waals surface area contributed by atoms with Crippen LogP contribution in [-0.2, 0) is 23.3 Å². The second-order valence-electron chi connectivity index (χ2n) is 7.91. The standard InChI is InChI=1S/C21H12ClF7N4O2/c22-12-5-9(1-2-13(12)23)32-7-15(24)30-18(32)14-8-35-19(34)33(14)16-6-11(21(27,28)29)10-3-4-20(25,26)17(10)31-16/h1-2,5-7,14H,3-4,8H2/t14-/m0/s1. The van der Waals surface area contributed by atoms with Gasteiger partial charge in [-0.25, -0.2) is 24.1 Å². The lowest BCUT2D eigenvalue weighted by atomic mass is 10.1. The van der Waals surface area contributed by atoms with Gasteiger partial charge in [-0.15, -0.1) is 0 Å². The summed E-state index contributed by atoms with van der Waals surface area (Å²) in [5, 5.41) is -0.310. The fraction of sp³-hybridized carbons (Fsp3) is 0.286. The van der Waals surface area contributed by atoms with Gasteiger partial charge in [0, 0.05) is 12.1 Å². The molecule has 14 heteroatoms. The zero-order chi connectivity index (χ0) is 25.3. The summed E-state index contributed by atoms with van der Waals surface area (Å²) >= 11 is 5.79. The highest BCUT2D eigenvalue weighted by Crippen LogP contribution is 2.47. The van der Waals surface area contributed by atoms with Crippen molar-refractivity contribution in [3.63, 3.8) is 0 Å². The first kappa shape index (κ1) is 23.4. The molecule has 2 aromatic heterocycles. The third-order valence-electron chi connectivity index (χ3n) is 5.75. The average molecular weight is 521 g/mol. The Balaban J connectivity index is 1.65. The van der Waals surface area contributed by atoms with E-state index in [0.29, 0.717) is 11.0 Å². The molecule has 0 saturated carbocycles. The normalized spacial score (nSPS) is 19.3. The number of fused-ring (bicyclic) bond motifs is 1. The molecule has 0 unspecified atom stereocenters. The van der Waals surface area contributed by atoms with Crippen molar-refractivity contribution in [2.45, 2.75) is 31.0 Å². The van der Waals surface area contributed by atoms with Gasteiger partial charge in [-0.1, -0.05) is 11.6 Å². The van der Waals surface area contributed by atoms with Crippen LogP contribution in [0.2, 0.25) is 5.02 Å². The molecule has 0 radical (unpaired) electrons. The molecule has 1 saturated heterocycles. The number of benzene rings is 1. The number of hydrogen-bond donors (Lipinski definition) is 0. The highest BCUT2D eigenvalue weighted by atomic mass is 35.5. The zero-order valence-corrected chi connectivity index (χ0v) is 18.0. The Morgan fingerprint density at radius 1 is 1.14 bits per heavy atom. The molecule has 2 aliphatic rings. The maximum absolute atomic E-state index is 14.4. The van der Waals surface area contributed by atoms with Crippen molar-refractivity contribution in [2.75, 3.05) is 11.5 Å². The van der Waals surface area contributed by atoms with E-state index in [9.17, 15) is 35.5 Å². The number of anilines is 1. The minimum Gasteiger partial charge on any atom is -0.446 e. The van der Waals surface area contributed by atoms with E-state index in [1.807, 2.05) is 0 Å². The number of cyclic esters (lactones) is 1. The van der Waals surface area contributed by atoms with Crippen molar-refractivity contribution >= 4 is 23.5 Å². The Bertz CT molecular complexity index is 1360. The monoisotopic (exact) mass is 520 g/mol. The Labute approximate surface area is 196 Å². The molecule has 0 bridgehead atoms. The molecule has 1 aliphatic heterocycles. The zero-order valence-electron chi connectivity index (χ0n) is 17.2. The molecule has 3 aromatic rings. The molecule has 0 N–H and O–H groups in total. The summed E-state index contributed by atoms with van der Waals surface area (Å²) in [4.78, 5) is 20.5. The van der Waals surface area contributed by atoms with Crippen LogP contribution < -0.4 is 4.90 Å². The second-order valence-corrected chi connectivity index (χ2v) is 8.32. The van der Waals surface area contributed by atoms with Gasteiger partial charge in [0.2, 0.25) is 5.95 Å². The summed E-state index contributed by atoms with van der Waals surface area (Å²) in [5.74, 6) is -6.43. The molecule has 3 heterocycles. The van der Waals surface area contributed by atoms with Gasteiger partial charge in [-0.2, -0.15) is 26.3 Å². The summed E-state index contributed by atoms with van der Waals surface area (Å²) in [6.07, 6.45) is -6.72. The lowest BCUT2D eigenvalue weighted by molar-refractivity contribution is -0.138. The highest BCUT2D eigenvalue weighted by molar-refractivity contribution is 6.30. The number of aromatic nitrogens is 3. The predicted octanol–water partition coefficient (Wildman–Crippen LogP) is 5.95. The smallest absolute Gasteiger partial charge is 0.416 e. The van der Waals surface area contributed by atoms with Crippen LogP contribution in [-0.4, -0.2) is 27.2 Å². The fourth-order valence-electron chi connectivity index (χ4n) is 4.20. The van der Waals surface area contributed by atoms with Crippen LogP contribution in [0.4, 0.5) is 41.3 Å². The van der Waals surface area contributed by atoms with E-state index in [2.05, 4.69) is 9.97 Å². The van der Waals surface area contributed by atoms with Crippen molar-refractivity contribution < 1.29 is 40.3 Å². The van der Waals surface area contributed by atoms with Crippen LogP contribution in [0, 0.1) is 11.8 Å². The summed E-state index contributed by atoms with van der Waals surface area (Å²) in [5.41, 5.74) is -2.97. The molecule has 184 valence electrons. The molecule has 0 spiro atoms. The van der Waals surface area contributed by atoms with Crippen LogP contribution in [0.25, 0.3) is 5.69 Å². The molecule has 35 heavy (non-hydrogen) atoms. The molecule has 1 fully saturated rings. The third kappa shape index (κ3) is 3.87. The Kier molecular flexibility index (Phi) is 5.24. The first-order valence-corrected chi connectivity index (χ1v) is 10.4. The van der Waals surface area contributed by atoms with E-state index in [0.717, 1.165) is 22.9 Å². The van der Waals surface area contributed by atoms with Crippen molar-refractivity contribution in [3.8, 4) is 5.69 Å². The van der Waals surface area contributed by atoms with E-state index in [-0.39, 0.29) is 16.5 Å². The summed E-state index contributed by atoms with van der Waals surface area (Å²) in [6.45, 7) is -0.499. The summed E-state index contributed by atoms with van der Waals surface area (Å²) < 4.78 is 104. The molecule has 1 aliphatic carbocycles. The van der Waals surface area contributed by atoms with Gasteiger partial charge in [-0.3, -0.25) is 4.57 Å². The SMILES string of the molecule is O=C1OC[C@@H](c2nc(F)cn2-c2ccc(F)c(Cl)c2)N1c1cc(C(F)(F)F)c2c(n1)C(F)(F)CC2. The summed E-state index contributed by atoms with van der Waals surface area (Å²) in [6, 6.07) is 2.49. The van der Waals surface area contributed by atoms with Gasteiger partial charge >= 0.3 is 12.3 Å². The van der Waals surface area contributed by atoms with Gasteiger partial charge in [-0.05, 0) is 36.2 Å². The topological polar surface area (TPSA) is 60.2 Å². The van der Waals surface area contributed by atoms with Crippen LogP contribution in [0.15, 0.2) is 30.5 Å². The van der Waals surface area contributed by atoms with E-state index in [4.69, 9.17) is 16.3 Å². The Morgan fingerprint density at radius 2 is 1.89 bits per heavy atom. The number of halogens is 8. The van der Waals surface area contributed by atoms with E-state index in [1.165, 1.54) is 6.07 Å². The van der Waals surface area contributed by atoms with E-state index < -0.39 is 78.1 Å². The number of alkyl halides is 5. The van der Waals surface area contributed by atoms with Crippen LogP contribution in [0.5, 0.6) is 0 Å². The summed E-state index contributed by atoms with van der Waals surface area (Å²) in [7, 11) is 0. The maximum Gasteiger partial charge on any atom is 0.416 e. The molecule has 6 nitrogen and oxygen atoms in total. The van der Waals surface area contributed by atoms with Crippen LogP contribution >= 0.6 is 11.6 Å². The fourth-order valence-corrected chi connectivity index (χ4v) is 4.37. The quantitative estimate of drug-likeness (QED) is 0.400. The molecule has 1 aromatic carbocycles. The highest BCUT2D eigenvalue weighted by Gasteiger charge is 2.49. The average Bonchev–Trinajstić information content (AvgIpc) is 3.43. The second kappa shape index (κ2) is 7.83. The Hall–Kier alpha value is -3.35. The van der Waals surface area contributed by atoms with Crippen molar-refractivity contribution in [3.05, 3.63) is 69.9 Å². The van der Waals surface area contributed by atoms with Crippen LogP contribution in [0.1, 0.15) is 35.1 Å². The number of pyridine rings is 1. The number of amides is 1. The number of carbonyl (C=O) groups is 1. The van der Waals surface area contributed by atoms with Gasteiger partial charge in [0.25, 0.3) is 5.92 Å². The van der Waals surface area contributed by atoms with Crippen molar-refractivity contribution in [1.29, 1.82) is 0 Å².